The van der Waals surface area contributed by atoms with Gasteiger partial charge in [0.25, 0.3) is 0 Å². The van der Waals surface area contributed by atoms with Crippen LogP contribution in [0.5, 0.6) is 0 Å². The fourth-order valence-electron chi connectivity index (χ4n) is 2.12. The number of benzene rings is 1. The predicted molar refractivity (Wildman–Crippen MR) is 72.0 cm³/mol. The number of hydrogen-bond donors (Lipinski definition) is 0. The summed E-state index contributed by atoms with van der Waals surface area (Å²) in [6, 6.07) is 5.67. The summed E-state index contributed by atoms with van der Waals surface area (Å²) >= 11 is 6.12. The second-order valence-electron chi connectivity index (χ2n) is 4.48. The number of halogens is 1. The monoisotopic (exact) mass is 249 g/mol. The van der Waals surface area contributed by atoms with Crippen LogP contribution in [0.3, 0.4) is 0 Å². The minimum absolute atomic E-state index is 0.0104. The van der Waals surface area contributed by atoms with Crippen LogP contribution in [-0.2, 0) is 0 Å². The molecule has 1 aliphatic heterocycles. The molecule has 1 heterocycles. The van der Waals surface area contributed by atoms with Gasteiger partial charge in [-0.3, -0.25) is 4.79 Å². The zero-order valence-electron chi connectivity index (χ0n) is 10.2. The van der Waals surface area contributed by atoms with Crippen LogP contribution in [0.2, 0.25) is 5.02 Å². The second-order valence-corrected chi connectivity index (χ2v) is 4.89. The molecule has 1 aliphatic rings. The van der Waals surface area contributed by atoms with Crippen LogP contribution in [0.4, 0.5) is 5.69 Å². The van der Waals surface area contributed by atoms with E-state index in [9.17, 15) is 4.79 Å². The van der Waals surface area contributed by atoms with E-state index in [0.717, 1.165) is 25.2 Å². The Balaban J connectivity index is 2.26. The molecule has 0 atom stereocenters. The lowest BCUT2D eigenvalue weighted by molar-refractivity contribution is 0.101. The number of hydrogen-bond acceptors (Lipinski definition) is 2. The van der Waals surface area contributed by atoms with E-state index in [1.54, 1.807) is 0 Å². The number of ketones is 1. The maximum Gasteiger partial charge on any atom is 0.161 e. The lowest BCUT2D eigenvalue weighted by atomic mass is 10.1. The van der Waals surface area contributed by atoms with Crippen molar-refractivity contribution in [2.75, 3.05) is 18.0 Å². The topological polar surface area (TPSA) is 20.3 Å². The number of Topliss-reactive ketones (excluding diaryl/α,β-unsaturated/α-hetero) is 1. The van der Waals surface area contributed by atoms with Crippen molar-refractivity contribution in [3.63, 3.8) is 0 Å². The molecule has 2 rings (SSSR count). The number of carbonyl (C=O) groups excluding carboxylic acids is 1. The van der Waals surface area contributed by atoms with Gasteiger partial charge in [-0.2, -0.15) is 0 Å². The molecule has 17 heavy (non-hydrogen) atoms. The van der Waals surface area contributed by atoms with E-state index in [0.29, 0.717) is 10.6 Å². The normalized spacial score (nSPS) is 15.7. The van der Waals surface area contributed by atoms with E-state index in [1.807, 2.05) is 18.2 Å². The van der Waals surface area contributed by atoms with E-state index in [1.165, 1.54) is 12.5 Å². The highest BCUT2D eigenvalue weighted by Crippen LogP contribution is 2.26. The van der Waals surface area contributed by atoms with Crippen LogP contribution in [0, 0.1) is 0 Å². The van der Waals surface area contributed by atoms with Gasteiger partial charge < -0.3 is 4.90 Å². The molecule has 1 aromatic carbocycles. The zero-order chi connectivity index (χ0) is 12.4. The van der Waals surface area contributed by atoms with Gasteiger partial charge >= 0.3 is 0 Å². The fraction of sp³-hybridized carbons (Fsp3) is 0.357. The number of anilines is 1. The molecular formula is C14H16ClNO. The van der Waals surface area contributed by atoms with E-state index in [4.69, 9.17) is 11.6 Å². The lowest BCUT2D eigenvalue weighted by Gasteiger charge is -2.28. The number of nitrogens with zero attached hydrogens (tertiary/aromatic N) is 1. The van der Waals surface area contributed by atoms with E-state index >= 15 is 0 Å². The molecule has 2 nitrogen and oxygen atoms in total. The molecule has 0 N–H and O–H groups in total. The number of rotatable bonds is 2. The highest BCUT2D eigenvalue weighted by Gasteiger charge is 2.13. The van der Waals surface area contributed by atoms with Gasteiger partial charge in [-0.05, 0) is 38.5 Å². The Bertz CT molecular complexity index is 479. The Kier molecular flexibility index (Phi) is 3.53. The molecule has 0 aromatic heterocycles. The van der Waals surface area contributed by atoms with Crippen molar-refractivity contribution < 1.29 is 4.79 Å². The first-order chi connectivity index (χ1) is 8.08. The molecule has 90 valence electrons. The quantitative estimate of drug-likeness (QED) is 0.588. The summed E-state index contributed by atoms with van der Waals surface area (Å²) in [5, 5.41) is 0.544. The Hall–Kier alpha value is -1.28. The summed E-state index contributed by atoms with van der Waals surface area (Å²) in [5.41, 5.74) is 3.06. The van der Waals surface area contributed by atoms with Crippen molar-refractivity contribution in [2.24, 2.45) is 0 Å². The average Bonchev–Trinajstić information content (AvgIpc) is 2.28. The molecule has 0 saturated heterocycles. The first-order valence-electron chi connectivity index (χ1n) is 5.79. The summed E-state index contributed by atoms with van der Waals surface area (Å²) in [6.07, 6.45) is 3.33. The summed E-state index contributed by atoms with van der Waals surface area (Å²) < 4.78 is 0. The van der Waals surface area contributed by atoms with Gasteiger partial charge in [-0.1, -0.05) is 23.3 Å². The van der Waals surface area contributed by atoms with E-state index < -0.39 is 0 Å². The van der Waals surface area contributed by atoms with Gasteiger partial charge in [-0.25, -0.2) is 0 Å². The van der Waals surface area contributed by atoms with Crippen molar-refractivity contribution in [1.29, 1.82) is 0 Å². The van der Waals surface area contributed by atoms with Crippen molar-refractivity contribution in [3.8, 4) is 0 Å². The van der Waals surface area contributed by atoms with Crippen LogP contribution < -0.4 is 4.90 Å². The third-order valence-corrected chi connectivity index (χ3v) is 3.34. The Morgan fingerprint density at radius 2 is 2.18 bits per heavy atom. The summed E-state index contributed by atoms with van der Waals surface area (Å²) in [7, 11) is 0. The molecule has 0 fully saturated rings. The van der Waals surface area contributed by atoms with Gasteiger partial charge in [0.2, 0.25) is 0 Å². The van der Waals surface area contributed by atoms with Crippen molar-refractivity contribution in [2.45, 2.75) is 20.3 Å². The van der Waals surface area contributed by atoms with Gasteiger partial charge in [-0.15, -0.1) is 0 Å². The van der Waals surface area contributed by atoms with E-state index in [2.05, 4.69) is 17.9 Å². The molecule has 0 spiro atoms. The fourth-order valence-corrected chi connectivity index (χ4v) is 2.43. The maximum absolute atomic E-state index is 11.3. The van der Waals surface area contributed by atoms with Gasteiger partial charge in [0.15, 0.2) is 5.78 Å². The van der Waals surface area contributed by atoms with E-state index in [-0.39, 0.29) is 5.78 Å². The van der Waals surface area contributed by atoms with Crippen molar-refractivity contribution >= 4 is 23.1 Å². The molecular weight excluding hydrogens is 234 g/mol. The van der Waals surface area contributed by atoms with Crippen LogP contribution in [0.15, 0.2) is 29.8 Å². The molecule has 0 amide bonds. The third-order valence-electron chi connectivity index (χ3n) is 3.03. The van der Waals surface area contributed by atoms with Crippen LogP contribution >= 0.6 is 11.6 Å². The first-order valence-corrected chi connectivity index (χ1v) is 6.17. The molecule has 1 aromatic rings. The minimum Gasteiger partial charge on any atom is -0.367 e. The van der Waals surface area contributed by atoms with Crippen molar-refractivity contribution in [3.05, 3.63) is 40.4 Å². The number of carbonyl (C=O) groups is 1. The summed E-state index contributed by atoms with van der Waals surface area (Å²) in [5.74, 6) is 0.0104. The maximum atomic E-state index is 11.3. The summed E-state index contributed by atoms with van der Waals surface area (Å²) in [6.45, 7) is 5.62. The van der Waals surface area contributed by atoms with Gasteiger partial charge in [0.1, 0.15) is 0 Å². The average molecular weight is 250 g/mol. The van der Waals surface area contributed by atoms with Gasteiger partial charge in [0.05, 0.1) is 5.02 Å². The van der Waals surface area contributed by atoms with Crippen LogP contribution in [0.1, 0.15) is 30.6 Å². The second kappa shape index (κ2) is 4.92. The first kappa shape index (κ1) is 12.2. The zero-order valence-corrected chi connectivity index (χ0v) is 10.9. The van der Waals surface area contributed by atoms with Crippen LogP contribution in [0.25, 0.3) is 0 Å². The third kappa shape index (κ3) is 2.70. The molecule has 0 unspecified atom stereocenters. The Morgan fingerprint density at radius 3 is 2.76 bits per heavy atom. The molecule has 3 heteroatoms. The Labute approximate surface area is 107 Å². The molecule has 0 radical (unpaired) electrons. The lowest BCUT2D eigenvalue weighted by Crippen LogP contribution is -2.29. The highest BCUT2D eigenvalue weighted by atomic mass is 35.5. The largest absolute Gasteiger partial charge is 0.367 e. The standard InChI is InChI=1S/C14H16ClNO/c1-10-4-3-7-16(9-10)12-5-6-13(11(2)17)14(15)8-12/h4-6,8H,3,7,9H2,1-2H3. The molecule has 0 aliphatic carbocycles. The highest BCUT2D eigenvalue weighted by molar-refractivity contribution is 6.34. The SMILES string of the molecule is CC(=O)c1ccc(N2CCC=C(C)C2)cc1Cl. The molecule has 0 saturated carbocycles. The Morgan fingerprint density at radius 1 is 1.41 bits per heavy atom. The minimum atomic E-state index is 0.0104. The van der Waals surface area contributed by atoms with Crippen LogP contribution in [-0.4, -0.2) is 18.9 Å². The predicted octanol–water partition coefficient (Wildman–Crippen LogP) is 3.70. The molecule has 0 bridgehead atoms. The van der Waals surface area contributed by atoms with Gasteiger partial charge in [0, 0.05) is 24.3 Å². The smallest absolute Gasteiger partial charge is 0.161 e. The van der Waals surface area contributed by atoms with Crippen molar-refractivity contribution in [1.82, 2.24) is 0 Å². The summed E-state index contributed by atoms with van der Waals surface area (Å²) in [4.78, 5) is 13.6.